The van der Waals surface area contributed by atoms with E-state index in [0.717, 1.165) is 41.2 Å². The fourth-order valence-corrected chi connectivity index (χ4v) is 3.94. The smallest absolute Gasteiger partial charge is 0.328 e. The highest BCUT2D eigenvalue weighted by atomic mass is 16.4. The third-order valence-corrected chi connectivity index (χ3v) is 5.57. The van der Waals surface area contributed by atoms with Crippen LogP contribution in [-0.4, -0.2) is 16.2 Å². The summed E-state index contributed by atoms with van der Waals surface area (Å²) in [5.41, 5.74) is 4.70. The molecule has 0 fully saturated rings. The van der Waals surface area contributed by atoms with Crippen molar-refractivity contribution < 1.29 is 15.0 Å². The highest BCUT2D eigenvalue weighted by Gasteiger charge is 2.39. The summed E-state index contributed by atoms with van der Waals surface area (Å²) in [5, 5.41) is 20.0. The minimum Gasteiger partial charge on any atom is -0.507 e. The fraction of sp³-hybridized carbons (Fsp3) is 0.348. The lowest BCUT2D eigenvalue weighted by molar-refractivity contribution is -0.131. The van der Waals surface area contributed by atoms with Crippen molar-refractivity contribution in [3.8, 4) is 16.9 Å². The van der Waals surface area contributed by atoms with Crippen LogP contribution >= 0.6 is 0 Å². The van der Waals surface area contributed by atoms with Crippen LogP contribution in [0.15, 0.2) is 42.5 Å². The Morgan fingerprint density at radius 3 is 2.42 bits per heavy atom. The summed E-state index contributed by atoms with van der Waals surface area (Å²) >= 11 is 0. The van der Waals surface area contributed by atoms with Crippen LogP contribution in [0.5, 0.6) is 5.75 Å². The first-order valence-electron chi connectivity index (χ1n) is 9.00. The van der Waals surface area contributed by atoms with Crippen molar-refractivity contribution >= 4 is 12.0 Å². The monoisotopic (exact) mass is 350 g/mol. The molecule has 3 nitrogen and oxygen atoms in total. The Bertz CT molecular complexity index is 888. The SMILES string of the molecule is CC1(C)CCC(C)(C)c2c1ccc(-c1cccc(C=CC(=O)O)c1)c2O. The molecule has 0 spiro atoms. The van der Waals surface area contributed by atoms with Gasteiger partial charge in [-0.2, -0.15) is 0 Å². The molecule has 0 saturated carbocycles. The zero-order chi connectivity index (χ0) is 19.1. The number of hydrogen-bond acceptors (Lipinski definition) is 2. The van der Waals surface area contributed by atoms with Gasteiger partial charge in [-0.3, -0.25) is 0 Å². The number of phenols is 1. The van der Waals surface area contributed by atoms with Crippen LogP contribution < -0.4 is 0 Å². The molecule has 0 bridgehead atoms. The lowest BCUT2D eigenvalue weighted by Gasteiger charge is -2.42. The Balaban J connectivity index is 2.14. The first-order valence-corrected chi connectivity index (χ1v) is 9.00. The molecule has 3 rings (SSSR count). The Morgan fingerprint density at radius 1 is 1.04 bits per heavy atom. The maximum Gasteiger partial charge on any atom is 0.328 e. The number of aliphatic carboxylic acids is 1. The Labute approximate surface area is 155 Å². The van der Waals surface area contributed by atoms with Crippen molar-refractivity contribution in [2.45, 2.75) is 51.4 Å². The average molecular weight is 350 g/mol. The van der Waals surface area contributed by atoms with E-state index in [0.29, 0.717) is 5.75 Å². The van der Waals surface area contributed by atoms with Crippen LogP contribution in [-0.2, 0) is 15.6 Å². The van der Waals surface area contributed by atoms with Gasteiger partial charge in [0, 0.05) is 17.2 Å². The predicted octanol–water partition coefficient (Wildman–Crippen LogP) is 5.51. The number of carboxylic acids is 1. The molecule has 0 aliphatic heterocycles. The highest BCUT2D eigenvalue weighted by molar-refractivity contribution is 5.86. The van der Waals surface area contributed by atoms with Gasteiger partial charge in [0.05, 0.1) is 0 Å². The first-order chi connectivity index (χ1) is 12.1. The van der Waals surface area contributed by atoms with Crippen LogP contribution in [0.2, 0.25) is 0 Å². The topological polar surface area (TPSA) is 57.5 Å². The second-order valence-electron chi connectivity index (χ2n) is 8.45. The van der Waals surface area contributed by atoms with Gasteiger partial charge in [-0.15, -0.1) is 0 Å². The summed E-state index contributed by atoms with van der Waals surface area (Å²) in [6.07, 6.45) is 4.82. The van der Waals surface area contributed by atoms with Crippen molar-refractivity contribution in [3.63, 3.8) is 0 Å². The van der Waals surface area contributed by atoms with Crippen molar-refractivity contribution in [3.05, 3.63) is 59.2 Å². The molecule has 0 aromatic heterocycles. The van der Waals surface area contributed by atoms with Gasteiger partial charge in [0.25, 0.3) is 0 Å². The largest absolute Gasteiger partial charge is 0.507 e. The molecule has 3 heteroatoms. The van der Waals surface area contributed by atoms with Crippen LogP contribution in [0.4, 0.5) is 0 Å². The lowest BCUT2D eigenvalue weighted by atomic mass is 9.62. The van der Waals surface area contributed by atoms with Gasteiger partial charge in [0.15, 0.2) is 0 Å². The standard InChI is InChI=1S/C23H26O3/c1-22(2)12-13-23(3,4)20-18(22)10-9-17(21(20)26)16-7-5-6-15(14-16)8-11-19(24)25/h5-11,14,26H,12-13H2,1-4H3,(H,24,25). The van der Waals surface area contributed by atoms with Crippen molar-refractivity contribution in [2.24, 2.45) is 0 Å². The zero-order valence-corrected chi connectivity index (χ0v) is 15.8. The molecule has 0 heterocycles. The van der Waals surface area contributed by atoms with E-state index in [4.69, 9.17) is 5.11 Å². The summed E-state index contributed by atoms with van der Waals surface area (Å²) in [6.45, 7) is 8.85. The van der Waals surface area contributed by atoms with Gasteiger partial charge in [-0.1, -0.05) is 58.0 Å². The fourth-order valence-electron chi connectivity index (χ4n) is 3.94. The number of benzene rings is 2. The summed E-state index contributed by atoms with van der Waals surface area (Å²) in [4.78, 5) is 10.7. The van der Waals surface area contributed by atoms with E-state index in [1.165, 1.54) is 5.56 Å². The molecule has 1 aliphatic rings. The van der Waals surface area contributed by atoms with Gasteiger partial charge in [-0.05, 0) is 52.5 Å². The molecule has 0 unspecified atom stereocenters. The number of rotatable bonds is 3. The van der Waals surface area contributed by atoms with Gasteiger partial charge in [0.1, 0.15) is 5.75 Å². The lowest BCUT2D eigenvalue weighted by Crippen LogP contribution is -2.33. The van der Waals surface area contributed by atoms with Gasteiger partial charge in [0.2, 0.25) is 0 Å². The number of carboxylic acid groups (broad SMARTS) is 1. The second kappa shape index (κ2) is 6.31. The van der Waals surface area contributed by atoms with E-state index in [-0.39, 0.29) is 10.8 Å². The molecule has 2 aromatic rings. The van der Waals surface area contributed by atoms with Crippen LogP contribution in [0.25, 0.3) is 17.2 Å². The molecule has 0 saturated heterocycles. The molecule has 2 N–H and O–H groups in total. The van der Waals surface area contributed by atoms with Crippen molar-refractivity contribution in [1.29, 1.82) is 0 Å². The third-order valence-electron chi connectivity index (χ3n) is 5.57. The van der Waals surface area contributed by atoms with Crippen LogP contribution in [0.1, 0.15) is 57.2 Å². The number of fused-ring (bicyclic) bond motifs is 1. The number of carbonyl (C=O) groups is 1. The summed E-state index contributed by atoms with van der Waals surface area (Å²) < 4.78 is 0. The maximum absolute atomic E-state index is 11.2. The highest BCUT2D eigenvalue weighted by Crippen LogP contribution is 2.51. The molecule has 26 heavy (non-hydrogen) atoms. The molecule has 0 amide bonds. The molecule has 1 aliphatic carbocycles. The van der Waals surface area contributed by atoms with Gasteiger partial charge >= 0.3 is 5.97 Å². The molecule has 0 radical (unpaired) electrons. The Morgan fingerprint density at radius 2 is 1.73 bits per heavy atom. The van der Waals surface area contributed by atoms with E-state index >= 15 is 0 Å². The van der Waals surface area contributed by atoms with Gasteiger partial charge < -0.3 is 10.2 Å². The Kier molecular flexibility index (Phi) is 4.43. The normalized spacial score (nSPS) is 17.8. The van der Waals surface area contributed by atoms with Gasteiger partial charge in [-0.25, -0.2) is 4.79 Å². The third kappa shape index (κ3) is 3.26. The van der Waals surface area contributed by atoms with Crippen molar-refractivity contribution in [1.82, 2.24) is 0 Å². The summed E-state index contributed by atoms with van der Waals surface area (Å²) in [7, 11) is 0. The number of aromatic hydroxyl groups is 1. The first kappa shape index (κ1) is 18.2. The van der Waals surface area contributed by atoms with Crippen molar-refractivity contribution in [2.75, 3.05) is 0 Å². The van der Waals surface area contributed by atoms with Crippen LogP contribution in [0.3, 0.4) is 0 Å². The molecular formula is C23H26O3. The average Bonchev–Trinajstić information content (AvgIpc) is 2.57. The predicted molar refractivity (Wildman–Crippen MR) is 105 cm³/mol. The number of hydrogen-bond donors (Lipinski definition) is 2. The van der Waals surface area contributed by atoms with E-state index in [1.807, 2.05) is 30.3 Å². The minimum absolute atomic E-state index is 0.0485. The second-order valence-corrected chi connectivity index (χ2v) is 8.45. The summed E-state index contributed by atoms with van der Waals surface area (Å²) in [5.74, 6) is -0.629. The van der Waals surface area contributed by atoms with E-state index in [9.17, 15) is 9.90 Å². The van der Waals surface area contributed by atoms with E-state index in [1.54, 1.807) is 6.08 Å². The molecule has 0 atom stereocenters. The molecule has 136 valence electrons. The zero-order valence-electron chi connectivity index (χ0n) is 15.8. The van der Waals surface area contributed by atoms with Crippen LogP contribution in [0, 0.1) is 0 Å². The molecular weight excluding hydrogens is 324 g/mol. The Hall–Kier alpha value is -2.55. The maximum atomic E-state index is 11.2. The quantitative estimate of drug-likeness (QED) is 0.718. The molecule has 2 aromatic carbocycles. The van der Waals surface area contributed by atoms with E-state index in [2.05, 4.69) is 33.8 Å². The number of phenolic OH excluding ortho intramolecular Hbond substituents is 1. The summed E-state index contributed by atoms with van der Waals surface area (Å²) in [6, 6.07) is 11.7. The van der Waals surface area contributed by atoms with E-state index < -0.39 is 5.97 Å². The minimum atomic E-state index is -0.976.